The highest BCUT2D eigenvalue weighted by Crippen LogP contribution is 2.37. The molecule has 0 saturated heterocycles. The van der Waals surface area contributed by atoms with Crippen LogP contribution in [0.5, 0.6) is 0 Å². The molecule has 20 heavy (non-hydrogen) atoms. The first-order chi connectivity index (χ1) is 9.75. The van der Waals surface area contributed by atoms with E-state index in [9.17, 15) is 0 Å². The first kappa shape index (κ1) is 14.1. The molecular weight excluding hydrogens is 308 g/mol. The average molecular weight is 331 g/mol. The van der Waals surface area contributed by atoms with Crippen LogP contribution in [0, 0.1) is 12.8 Å². The fourth-order valence-corrected chi connectivity index (χ4v) is 4.25. The van der Waals surface area contributed by atoms with Crippen molar-refractivity contribution in [2.75, 3.05) is 0 Å². The molecule has 1 aliphatic carbocycles. The minimum absolute atomic E-state index is 0.494. The molecule has 0 N–H and O–H groups in total. The van der Waals surface area contributed by atoms with Crippen molar-refractivity contribution in [3.63, 3.8) is 0 Å². The number of fused-ring (bicyclic) bond motifs is 1. The molecule has 1 atom stereocenters. The molecule has 1 saturated carbocycles. The lowest BCUT2D eigenvalue weighted by Crippen LogP contribution is -1.98. The van der Waals surface area contributed by atoms with Gasteiger partial charge >= 0.3 is 0 Å². The summed E-state index contributed by atoms with van der Waals surface area (Å²) in [5.41, 5.74) is 2.84. The lowest BCUT2D eigenvalue weighted by atomic mass is 9.94. The van der Waals surface area contributed by atoms with Crippen molar-refractivity contribution in [1.82, 2.24) is 0 Å². The number of benzene rings is 2. The molecule has 1 heteroatoms. The van der Waals surface area contributed by atoms with Crippen LogP contribution in [0.3, 0.4) is 0 Å². The van der Waals surface area contributed by atoms with Gasteiger partial charge in [0.15, 0.2) is 0 Å². The Hall–Kier alpha value is -0.820. The molecule has 106 valence electrons. The maximum atomic E-state index is 3.94. The van der Waals surface area contributed by atoms with E-state index in [1.807, 2.05) is 0 Å². The molecule has 0 aliphatic heterocycles. The number of hydrogen-bond donors (Lipinski definition) is 0. The van der Waals surface area contributed by atoms with E-state index in [2.05, 4.69) is 59.3 Å². The van der Waals surface area contributed by atoms with Crippen molar-refractivity contribution in [2.24, 2.45) is 5.92 Å². The van der Waals surface area contributed by atoms with E-state index in [-0.39, 0.29) is 0 Å². The molecule has 0 aromatic heterocycles. The standard InChI is InChI=1S/C19H23Br/c1-14-10-12-18(17-9-5-4-8-16(14)17)19(20)13-11-15-6-2-3-7-15/h4-5,8-10,12,15,19H,2-3,6-7,11,13H2,1H3. The van der Waals surface area contributed by atoms with Crippen LogP contribution in [-0.4, -0.2) is 0 Å². The monoisotopic (exact) mass is 330 g/mol. The third kappa shape index (κ3) is 2.93. The second-order valence-corrected chi connectivity index (χ2v) is 7.32. The lowest BCUT2D eigenvalue weighted by Gasteiger charge is -2.16. The Balaban J connectivity index is 1.80. The zero-order valence-electron chi connectivity index (χ0n) is 12.2. The molecule has 1 unspecified atom stereocenters. The molecule has 2 aromatic rings. The van der Waals surface area contributed by atoms with Crippen LogP contribution >= 0.6 is 15.9 Å². The van der Waals surface area contributed by atoms with Crippen LogP contribution < -0.4 is 0 Å². The van der Waals surface area contributed by atoms with Crippen LogP contribution in [0.1, 0.15) is 54.5 Å². The van der Waals surface area contributed by atoms with Gasteiger partial charge in [0.05, 0.1) is 0 Å². The molecule has 0 heterocycles. The van der Waals surface area contributed by atoms with Crippen molar-refractivity contribution in [2.45, 2.75) is 50.3 Å². The summed E-state index contributed by atoms with van der Waals surface area (Å²) in [5.74, 6) is 0.978. The summed E-state index contributed by atoms with van der Waals surface area (Å²) in [6.07, 6.45) is 8.44. The Morgan fingerprint density at radius 2 is 1.75 bits per heavy atom. The minimum atomic E-state index is 0.494. The fraction of sp³-hybridized carbons (Fsp3) is 0.474. The van der Waals surface area contributed by atoms with Gasteiger partial charge < -0.3 is 0 Å². The van der Waals surface area contributed by atoms with Gasteiger partial charge in [0.1, 0.15) is 0 Å². The minimum Gasteiger partial charge on any atom is -0.0839 e. The SMILES string of the molecule is Cc1ccc(C(Br)CCC2CCCC2)c2ccccc12. The summed E-state index contributed by atoms with van der Waals surface area (Å²) >= 11 is 3.94. The molecule has 1 fully saturated rings. The van der Waals surface area contributed by atoms with Gasteiger partial charge in [0.2, 0.25) is 0 Å². The lowest BCUT2D eigenvalue weighted by molar-refractivity contribution is 0.483. The number of aryl methyl sites for hydroxylation is 1. The fourth-order valence-electron chi connectivity index (χ4n) is 3.58. The molecule has 1 aliphatic rings. The summed E-state index contributed by atoms with van der Waals surface area (Å²) < 4.78 is 0. The van der Waals surface area contributed by atoms with E-state index in [0.717, 1.165) is 5.92 Å². The second-order valence-electron chi connectivity index (χ2n) is 6.21. The predicted molar refractivity (Wildman–Crippen MR) is 91.5 cm³/mol. The Kier molecular flexibility index (Phi) is 4.45. The first-order valence-corrected chi connectivity index (χ1v) is 8.79. The van der Waals surface area contributed by atoms with Crippen LogP contribution in [0.15, 0.2) is 36.4 Å². The zero-order valence-corrected chi connectivity index (χ0v) is 13.8. The van der Waals surface area contributed by atoms with E-state index in [4.69, 9.17) is 0 Å². The topological polar surface area (TPSA) is 0 Å². The Bertz CT molecular complexity index is 581. The van der Waals surface area contributed by atoms with Gasteiger partial charge in [-0.15, -0.1) is 0 Å². The van der Waals surface area contributed by atoms with Gasteiger partial charge in [-0.1, -0.05) is 78.0 Å². The highest BCUT2D eigenvalue weighted by atomic mass is 79.9. The van der Waals surface area contributed by atoms with E-state index in [0.29, 0.717) is 4.83 Å². The highest BCUT2D eigenvalue weighted by molar-refractivity contribution is 9.09. The van der Waals surface area contributed by atoms with Crippen LogP contribution in [0.2, 0.25) is 0 Å². The van der Waals surface area contributed by atoms with Crippen molar-refractivity contribution in [3.8, 4) is 0 Å². The number of rotatable bonds is 4. The van der Waals surface area contributed by atoms with Crippen LogP contribution in [0.25, 0.3) is 10.8 Å². The predicted octanol–water partition coefficient (Wildman–Crippen LogP) is 6.55. The summed E-state index contributed by atoms with van der Waals surface area (Å²) in [5, 5.41) is 2.82. The van der Waals surface area contributed by atoms with Gasteiger partial charge in [0.25, 0.3) is 0 Å². The van der Waals surface area contributed by atoms with Gasteiger partial charge in [0, 0.05) is 4.83 Å². The molecule has 2 aromatic carbocycles. The largest absolute Gasteiger partial charge is 0.0839 e. The summed E-state index contributed by atoms with van der Waals surface area (Å²) in [7, 11) is 0. The van der Waals surface area contributed by atoms with E-state index in [1.54, 1.807) is 0 Å². The number of halogens is 1. The highest BCUT2D eigenvalue weighted by Gasteiger charge is 2.18. The smallest absolute Gasteiger partial charge is 0.0401 e. The van der Waals surface area contributed by atoms with Gasteiger partial charge in [-0.05, 0) is 47.6 Å². The molecule has 0 nitrogen and oxygen atoms in total. The van der Waals surface area contributed by atoms with E-state index in [1.165, 1.54) is 60.4 Å². The maximum Gasteiger partial charge on any atom is 0.0401 e. The third-order valence-corrected chi connectivity index (χ3v) is 5.77. The van der Waals surface area contributed by atoms with Crippen LogP contribution in [0.4, 0.5) is 0 Å². The summed E-state index contributed by atoms with van der Waals surface area (Å²) in [6, 6.07) is 13.4. The van der Waals surface area contributed by atoms with Gasteiger partial charge in [-0.3, -0.25) is 0 Å². The number of alkyl halides is 1. The number of hydrogen-bond acceptors (Lipinski definition) is 0. The summed E-state index contributed by atoms with van der Waals surface area (Å²) in [4.78, 5) is 0.494. The molecular formula is C19H23Br. The first-order valence-electron chi connectivity index (χ1n) is 7.88. The van der Waals surface area contributed by atoms with E-state index >= 15 is 0 Å². The average Bonchev–Trinajstić information content (AvgIpc) is 2.99. The summed E-state index contributed by atoms with van der Waals surface area (Å²) in [6.45, 7) is 2.20. The van der Waals surface area contributed by atoms with Crippen molar-refractivity contribution >= 4 is 26.7 Å². The second kappa shape index (κ2) is 6.30. The van der Waals surface area contributed by atoms with E-state index < -0.39 is 0 Å². The van der Waals surface area contributed by atoms with Crippen molar-refractivity contribution < 1.29 is 0 Å². The molecule has 0 bridgehead atoms. The van der Waals surface area contributed by atoms with Crippen molar-refractivity contribution in [3.05, 3.63) is 47.5 Å². The Morgan fingerprint density at radius 1 is 1.05 bits per heavy atom. The molecule has 0 radical (unpaired) electrons. The zero-order chi connectivity index (χ0) is 13.9. The quantitative estimate of drug-likeness (QED) is 0.557. The van der Waals surface area contributed by atoms with Gasteiger partial charge in [-0.25, -0.2) is 0 Å². The third-order valence-electron chi connectivity index (χ3n) is 4.82. The molecule has 0 amide bonds. The van der Waals surface area contributed by atoms with Gasteiger partial charge in [-0.2, -0.15) is 0 Å². The van der Waals surface area contributed by atoms with Crippen molar-refractivity contribution in [1.29, 1.82) is 0 Å². The van der Waals surface area contributed by atoms with Crippen LogP contribution in [-0.2, 0) is 0 Å². The normalized spacial score (nSPS) is 17.7. The molecule has 0 spiro atoms. The maximum absolute atomic E-state index is 3.94. The molecule has 3 rings (SSSR count). The Labute approximate surface area is 130 Å². The Morgan fingerprint density at radius 3 is 2.50 bits per heavy atom.